The first-order chi connectivity index (χ1) is 15.6. The third-order valence-corrected chi connectivity index (χ3v) is 5.30. The summed E-state index contributed by atoms with van der Waals surface area (Å²) in [6.07, 6.45) is 1.66. The van der Waals surface area contributed by atoms with Gasteiger partial charge in [-0.25, -0.2) is 9.97 Å². The zero-order valence-corrected chi connectivity index (χ0v) is 17.3. The molecule has 0 bridgehead atoms. The van der Waals surface area contributed by atoms with Gasteiger partial charge in [-0.1, -0.05) is 24.3 Å². The number of fused-ring (bicyclic) bond motifs is 1. The van der Waals surface area contributed by atoms with Crippen molar-refractivity contribution >= 4 is 11.7 Å². The van der Waals surface area contributed by atoms with Crippen LogP contribution in [0.4, 0.5) is 0 Å². The lowest BCUT2D eigenvalue weighted by molar-refractivity contribution is 0.0924. The van der Waals surface area contributed by atoms with Crippen LogP contribution in [0, 0.1) is 0 Å². The van der Waals surface area contributed by atoms with E-state index in [9.17, 15) is 9.59 Å². The number of ketones is 1. The maximum atomic E-state index is 12.7. The molecule has 3 heterocycles. The second-order valence-corrected chi connectivity index (χ2v) is 7.29. The highest BCUT2D eigenvalue weighted by Gasteiger charge is 2.20. The van der Waals surface area contributed by atoms with Gasteiger partial charge >= 0.3 is 0 Å². The monoisotopic (exact) mass is 425 g/mol. The molecule has 32 heavy (non-hydrogen) atoms. The van der Waals surface area contributed by atoms with Crippen molar-refractivity contribution in [3.8, 4) is 28.5 Å². The van der Waals surface area contributed by atoms with Gasteiger partial charge in [0.15, 0.2) is 11.6 Å². The molecule has 5 rings (SSSR count). The van der Waals surface area contributed by atoms with E-state index in [1.165, 1.54) is 0 Å². The van der Waals surface area contributed by atoms with Gasteiger partial charge < -0.3 is 10.1 Å². The molecule has 0 spiro atoms. The van der Waals surface area contributed by atoms with Crippen LogP contribution in [0.1, 0.15) is 26.4 Å². The number of methoxy groups -OCH3 is 1. The highest BCUT2D eigenvalue weighted by atomic mass is 16.5. The Labute approximate surface area is 183 Å². The molecular formula is C24H19N5O3. The predicted octanol–water partition coefficient (Wildman–Crippen LogP) is 2.99. The van der Waals surface area contributed by atoms with Gasteiger partial charge in [0, 0.05) is 29.4 Å². The van der Waals surface area contributed by atoms with Crippen LogP contribution >= 0.6 is 0 Å². The molecule has 2 aromatic heterocycles. The second-order valence-electron chi connectivity index (χ2n) is 7.29. The molecule has 0 saturated heterocycles. The molecule has 158 valence electrons. The number of hydrogen-bond acceptors (Lipinski definition) is 6. The quantitative estimate of drug-likeness (QED) is 0.494. The maximum absolute atomic E-state index is 12.7. The van der Waals surface area contributed by atoms with Crippen LogP contribution in [0.3, 0.4) is 0 Å². The fraction of sp³-hybridized carbons (Fsp3) is 0.125. The number of nitrogens with one attached hydrogen (secondary N) is 1. The Morgan fingerprint density at radius 1 is 1.00 bits per heavy atom. The number of ether oxygens (including phenoxy) is 1. The predicted molar refractivity (Wildman–Crippen MR) is 117 cm³/mol. The van der Waals surface area contributed by atoms with Gasteiger partial charge in [0.25, 0.3) is 5.91 Å². The summed E-state index contributed by atoms with van der Waals surface area (Å²) in [6, 6.07) is 17.7. The van der Waals surface area contributed by atoms with E-state index in [2.05, 4.69) is 20.4 Å². The number of carbonyl (C=O) groups excluding carboxylic acids is 2. The summed E-state index contributed by atoms with van der Waals surface area (Å²) < 4.78 is 6.83. The Kier molecular flexibility index (Phi) is 4.95. The summed E-state index contributed by atoms with van der Waals surface area (Å²) in [4.78, 5) is 33.7. The van der Waals surface area contributed by atoms with Crippen LogP contribution < -0.4 is 10.1 Å². The lowest BCUT2D eigenvalue weighted by atomic mass is 10.0. The first-order valence-corrected chi connectivity index (χ1v) is 10.1. The van der Waals surface area contributed by atoms with Gasteiger partial charge in [0.1, 0.15) is 17.1 Å². The van der Waals surface area contributed by atoms with Gasteiger partial charge in [-0.15, -0.1) is 0 Å². The smallest absolute Gasteiger partial charge is 0.269 e. The van der Waals surface area contributed by atoms with Crippen molar-refractivity contribution in [3.05, 3.63) is 83.7 Å². The highest BCUT2D eigenvalue weighted by Crippen LogP contribution is 2.23. The molecule has 8 heteroatoms. The third kappa shape index (κ3) is 3.62. The largest absolute Gasteiger partial charge is 0.497 e. The Morgan fingerprint density at radius 3 is 2.41 bits per heavy atom. The summed E-state index contributed by atoms with van der Waals surface area (Å²) >= 11 is 0. The van der Waals surface area contributed by atoms with Crippen molar-refractivity contribution in [2.24, 2.45) is 0 Å². The molecule has 2 aromatic carbocycles. The number of carbonyl (C=O) groups is 2. The van der Waals surface area contributed by atoms with Crippen LogP contribution in [0.25, 0.3) is 22.8 Å². The van der Waals surface area contributed by atoms with Gasteiger partial charge in [-0.05, 0) is 36.4 Å². The number of aromatic nitrogens is 4. The standard InChI is InChI=1S/C24H19N5O3/c1-32-18-8-6-16(7-9-18)22(30)15-2-4-17(5-3-15)23-25-11-10-19(27-23)20-14-21-24(31)26-12-13-29(21)28-20/h2-11,14H,12-13H2,1H3,(H,26,31). The Morgan fingerprint density at radius 2 is 1.72 bits per heavy atom. The van der Waals surface area contributed by atoms with Gasteiger partial charge in [0.05, 0.1) is 19.3 Å². The summed E-state index contributed by atoms with van der Waals surface area (Å²) in [5, 5.41) is 7.31. The van der Waals surface area contributed by atoms with E-state index in [4.69, 9.17) is 4.74 Å². The lowest BCUT2D eigenvalue weighted by Gasteiger charge is -2.13. The fourth-order valence-corrected chi connectivity index (χ4v) is 3.58. The Bertz CT molecular complexity index is 1310. The van der Waals surface area contributed by atoms with Crippen LogP contribution in [0.5, 0.6) is 5.75 Å². The fourth-order valence-electron chi connectivity index (χ4n) is 3.58. The van der Waals surface area contributed by atoms with Crippen molar-refractivity contribution in [3.63, 3.8) is 0 Å². The minimum Gasteiger partial charge on any atom is -0.497 e. The molecule has 1 amide bonds. The zero-order valence-electron chi connectivity index (χ0n) is 17.3. The lowest BCUT2D eigenvalue weighted by Crippen LogP contribution is -2.35. The molecule has 0 saturated carbocycles. The minimum atomic E-state index is -0.138. The Hall–Kier alpha value is -4.33. The van der Waals surface area contributed by atoms with Crippen LogP contribution in [-0.4, -0.2) is 45.1 Å². The number of rotatable bonds is 5. The highest BCUT2D eigenvalue weighted by molar-refractivity contribution is 6.09. The molecule has 8 nitrogen and oxygen atoms in total. The molecule has 1 N–H and O–H groups in total. The van der Waals surface area contributed by atoms with E-state index in [0.29, 0.717) is 52.9 Å². The average molecular weight is 425 g/mol. The topological polar surface area (TPSA) is 99.0 Å². The third-order valence-electron chi connectivity index (χ3n) is 5.30. The SMILES string of the molecule is COc1ccc(C(=O)c2ccc(-c3nccc(-c4cc5n(n4)CCNC5=O)n3)cc2)cc1. The van der Waals surface area contributed by atoms with Gasteiger partial charge in [0.2, 0.25) is 0 Å². The Balaban J connectivity index is 1.40. The molecule has 0 unspecified atom stereocenters. The van der Waals surface area contributed by atoms with Gasteiger partial charge in [-0.3, -0.25) is 14.3 Å². The van der Waals surface area contributed by atoms with E-state index in [0.717, 1.165) is 5.56 Å². The number of hydrogen-bond donors (Lipinski definition) is 1. The summed E-state index contributed by atoms with van der Waals surface area (Å²) in [7, 11) is 1.59. The van der Waals surface area contributed by atoms with Crippen LogP contribution in [-0.2, 0) is 6.54 Å². The number of nitrogens with zero attached hydrogens (tertiary/aromatic N) is 4. The van der Waals surface area contributed by atoms with Crippen molar-refractivity contribution in [2.45, 2.75) is 6.54 Å². The normalized spacial score (nSPS) is 12.7. The molecule has 1 aliphatic rings. The minimum absolute atomic E-state index is 0.0734. The van der Waals surface area contributed by atoms with E-state index in [1.807, 2.05) is 12.1 Å². The van der Waals surface area contributed by atoms with Crippen molar-refractivity contribution in [2.75, 3.05) is 13.7 Å². The van der Waals surface area contributed by atoms with Crippen molar-refractivity contribution in [1.82, 2.24) is 25.1 Å². The molecule has 0 fully saturated rings. The van der Waals surface area contributed by atoms with Gasteiger partial charge in [-0.2, -0.15) is 5.10 Å². The van der Waals surface area contributed by atoms with Crippen molar-refractivity contribution < 1.29 is 14.3 Å². The van der Waals surface area contributed by atoms with E-state index in [-0.39, 0.29) is 11.7 Å². The maximum Gasteiger partial charge on any atom is 0.269 e. The van der Waals surface area contributed by atoms with Crippen LogP contribution in [0.2, 0.25) is 0 Å². The molecule has 0 radical (unpaired) electrons. The summed E-state index contributed by atoms with van der Waals surface area (Å²) in [5.74, 6) is 1.01. The first kappa shape index (κ1) is 19.6. The number of benzene rings is 2. The first-order valence-electron chi connectivity index (χ1n) is 10.1. The average Bonchev–Trinajstić information content (AvgIpc) is 3.30. The zero-order chi connectivity index (χ0) is 22.1. The van der Waals surface area contributed by atoms with E-state index in [1.54, 1.807) is 66.5 Å². The molecule has 0 aliphatic carbocycles. The van der Waals surface area contributed by atoms with Crippen molar-refractivity contribution in [1.29, 1.82) is 0 Å². The second kappa shape index (κ2) is 8.07. The molecule has 4 aromatic rings. The summed E-state index contributed by atoms with van der Waals surface area (Å²) in [6.45, 7) is 1.19. The summed E-state index contributed by atoms with van der Waals surface area (Å²) in [5.41, 5.74) is 3.70. The van der Waals surface area contributed by atoms with E-state index < -0.39 is 0 Å². The van der Waals surface area contributed by atoms with E-state index >= 15 is 0 Å². The molecule has 0 atom stereocenters. The van der Waals surface area contributed by atoms with Crippen LogP contribution in [0.15, 0.2) is 66.9 Å². The number of amides is 1. The molecule has 1 aliphatic heterocycles. The molecular weight excluding hydrogens is 406 g/mol.